The molecule has 0 amide bonds. The molecule has 13 heavy (non-hydrogen) atoms. The van der Waals surface area contributed by atoms with Crippen molar-refractivity contribution in [2.75, 3.05) is 6.54 Å². The average Bonchev–Trinajstić information content (AvgIpc) is 2.62. The summed E-state index contributed by atoms with van der Waals surface area (Å²) in [4.78, 5) is 8.22. The smallest absolute Gasteiger partial charge is 0.128 e. The zero-order chi connectivity index (χ0) is 9.10. The van der Waals surface area contributed by atoms with Crippen LogP contribution >= 0.6 is 12.2 Å². The van der Waals surface area contributed by atoms with E-state index in [4.69, 9.17) is 0 Å². The summed E-state index contributed by atoms with van der Waals surface area (Å²) in [6, 6.07) is 0. The fourth-order valence-electron chi connectivity index (χ4n) is 1.55. The van der Waals surface area contributed by atoms with Crippen LogP contribution in [0, 0.1) is 5.92 Å². The van der Waals surface area contributed by atoms with E-state index >= 15 is 0 Å². The van der Waals surface area contributed by atoms with Gasteiger partial charge in [-0.25, -0.2) is 4.99 Å². The first-order chi connectivity index (χ1) is 6.42. The molecular weight excluding hydrogens is 182 g/mol. The van der Waals surface area contributed by atoms with Crippen molar-refractivity contribution in [3.8, 4) is 0 Å². The lowest BCUT2D eigenvalue weighted by Crippen LogP contribution is -2.28. The molecule has 0 aliphatic carbocycles. The lowest BCUT2D eigenvalue weighted by Gasteiger charge is -2.20. The maximum absolute atomic E-state index is 4.53. The summed E-state index contributed by atoms with van der Waals surface area (Å²) >= 11 is 4.53. The number of rotatable bonds is 2. The van der Waals surface area contributed by atoms with E-state index in [1.54, 1.807) is 0 Å². The number of hydrogen-bond donors (Lipinski definition) is 1. The molecule has 0 aromatic carbocycles. The summed E-state index contributed by atoms with van der Waals surface area (Å²) < 4.78 is 0. The number of fused-ring (bicyclic) bond motifs is 1. The van der Waals surface area contributed by atoms with Crippen molar-refractivity contribution in [3.63, 3.8) is 0 Å². The number of nitrogens with zero attached hydrogens (tertiary/aromatic N) is 2. The van der Waals surface area contributed by atoms with E-state index in [9.17, 15) is 0 Å². The molecule has 0 saturated carbocycles. The fourth-order valence-corrected chi connectivity index (χ4v) is 1.62. The van der Waals surface area contributed by atoms with Crippen molar-refractivity contribution in [3.05, 3.63) is 23.9 Å². The molecule has 2 rings (SSSR count). The second-order valence-electron chi connectivity index (χ2n) is 2.94. The standard InChI is InChI=1S/C9H9N3S/c13-6-10-5-7-1-3-11-9-8(7)2-4-12-9/h1-4,8-9,12H,5H2. The highest BCUT2D eigenvalue weighted by atomic mass is 32.1. The van der Waals surface area contributed by atoms with Crippen LogP contribution in [0.2, 0.25) is 0 Å². The molecular formula is C9H9N3S. The number of nitrogens with one attached hydrogen (secondary N) is 1. The van der Waals surface area contributed by atoms with Crippen LogP contribution in [0.25, 0.3) is 0 Å². The van der Waals surface area contributed by atoms with Gasteiger partial charge in [-0.05, 0) is 30.1 Å². The molecule has 2 aliphatic heterocycles. The van der Waals surface area contributed by atoms with Crippen LogP contribution in [0.1, 0.15) is 0 Å². The van der Waals surface area contributed by atoms with Crippen molar-refractivity contribution < 1.29 is 0 Å². The molecule has 2 atom stereocenters. The van der Waals surface area contributed by atoms with Gasteiger partial charge in [0.2, 0.25) is 0 Å². The second kappa shape index (κ2) is 3.64. The minimum Gasteiger partial charge on any atom is -0.369 e. The summed E-state index contributed by atoms with van der Waals surface area (Å²) in [5.74, 6) is 0.345. The quantitative estimate of drug-likeness (QED) is 0.525. The Kier molecular flexibility index (Phi) is 2.34. The zero-order valence-electron chi connectivity index (χ0n) is 6.97. The van der Waals surface area contributed by atoms with E-state index in [2.05, 4.69) is 38.8 Å². The van der Waals surface area contributed by atoms with Gasteiger partial charge in [0.05, 0.1) is 11.7 Å². The number of allylic oxidation sites excluding steroid dienone is 1. The van der Waals surface area contributed by atoms with E-state index in [0.29, 0.717) is 12.5 Å². The Morgan fingerprint density at radius 3 is 3.46 bits per heavy atom. The molecule has 0 aromatic rings. The van der Waals surface area contributed by atoms with Gasteiger partial charge in [0.25, 0.3) is 0 Å². The van der Waals surface area contributed by atoms with Crippen molar-refractivity contribution in [1.29, 1.82) is 0 Å². The maximum atomic E-state index is 4.53. The lowest BCUT2D eigenvalue weighted by molar-refractivity contribution is 0.545. The van der Waals surface area contributed by atoms with Crippen molar-refractivity contribution >= 4 is 23.6 Å². The molecule has 0 bridgehead atoms. The Hall–Kier alpha value is -1.25. The number of isothiocyanates is 1. The van der Waals surface area contributed by atoms with Gasteiger partial charge in [0.1, 0.15) is 6.17 Å². The summed E-state index contributed by atoms with van der Waals surface area (Å²) in [6.07, 6.45) is 8.02. The highest BCUT2D eigenvalue weighted by molar-refractivity contribution is 7.78. The first-order valence-corrected chi connectivity index (χ1v) is 4.51. The number of thiocarbonyl (C=S) groups is 1. The van der Waals surface area contributed by atoms with E-state index in [0.717, 1.165) is 0 Å². The first-order valence-electron chi connectivity index (χ1n) is 4.10. The van der Waals surface area contributed by atoms with Gasteiger partial charge in [-0.15, -0.1) is 0 Å². The molecule has 66 valence electrons. The number of hydrogen-bond acceptors (Lipinski definition) is 4. The SMILES string of the molecule is S=C=NCC1=CC=NC2NC=CC12. The van der Waals surface area contributed by atoms with Crippen LogP contribution in [-0.2, 0) is 0 Å². The van der Waals surface area contributed by atoms with Gasteiger partial charge in [-0.1, -0.05) is 6.08 Å². The number of dihydropyridines is 1. The summed E-state index contributed by atoms with van der Waals surface area (Å²) in [5, 5.41) is 5.53. The summed E-state index contributed by atoms with van der Waals surface area (Å²) in [6.45, 7) is 0.628. The normalized spacial score (nSPS) is 28.8. The van der Waals surface area contributed by atoms with Crippen molar-refractivity contribution in [2.45, 2.75) is 6.17 Å². The van der Waals surface area contributed by atoms with Crippen LogP contribution in [0.5, 0.6) is 0 Å². The predicted octanol–water partition coefficient (Wildman–Crippen LogP) is 1.16. The molecule has 1 N–H and O–H groups in total. The summed E-state index contributed by atoms with van der Waals surface area (Å²) in [5.41, 5.74) is 1.23. The molecule has 0 spiro atoms. The molecule has 0 fully saturated rings. The summed E-state index contributed by atoms with van der Waals surface area (Å²) in [7, 11) is 0. The highest BCUT2D eigenvalue weighted by Gasteiger charge is 2.26. The van der Waals surface area contributed by atoms with Gasteiger partial charge in [0.15, 0.2) is 0 Å². The molecule has 2 aliphatic rings. The molecule has 4 heteroatoms. The largest absolute Gasteiger partial charge is 0.369 e. The van der Waals surface area contributed by atoms with Crippen LogP contribution in [0.15, 0.2) is 33.9 Å². The van der Waals surface area contributed by atoms with Crippen LogP contribution in [0.3, 0.4) is 0 Å². The first kappa shape index (κ1) is 8.35. The van der Waals surface area contributed by atoms with E-state index in [1.165, 1.54) is 5.57 Å². The van der Waals surface area contributed by atoms with Gasteiger partial charge in [-0.2, -0.15) is 0 Å². The monoisotopic (exact) mass is 191 g/mol. The Morgan fingerprint density at radius 1 is 1.69 bits per heavy atom. The van der Waals surface area contributed by atoms with Crippen LogP contribution in [-0.4, -0.2) is 24.1 Å². The van der Waals surface area contributed by atoms with E-state index < -0.39 is 0 Å². The average molecular weight is 191 g/mol. The fraction of sp³-hybridized carbons (Fsp3) is 0.333. The van der Waals surface area contributed by atoms with Crippen molar-refractivity contribution in [1.82, 2.24) is 5.32 Å². The second-order valence-corrected chi connectivity index (χ2v) is 3.13. The van der Waals surface area contributed by atoms with Crippen molar-refractivity contribution in [2.24, 2.45) is 15.9 Å². The Morgan fingerprint density at radius 2 is 2.62 bits per heavy atom. The van der Waals surface area contributed by atoms with Gasteiger partial charge < -0.3 is 5.32 Å². The molecule has 0 radical (unpaired) electrons. The van der Waals surface area contributed by atoms with Crippen LogP contribution < -0.4 is 5.32 Å². The van der Waals surface area contributed by atoms with Gasteiger partial charge >= 0.3 is 0 Å². The third kappa shape index (κ3) is 1.59. The Balaban J connectivity index is 2.16. The van der Waals surface area contributed by atoms with Gasteiger partial charge in [0, 0.05) is 12.1 Å². The zero-order valence-corrected chi connectivity index (χ0v) is 7.79. The van der Waals surface area contributed by atoms with E-state index in [-0.39, 0.29) is 6.17 Å². The van der Waals surface area contributed by atoms with Gasteiger partial charge in [-0.3, -0.25) is 4.99 Å². The lowest BCUT2D eigenvalue weighted by atomic mass is 9.96. The highest BCUT2D eigenvalue weighted by Crippen LogP contribution is 2.24. The third-order valence-electron chi connectivity index (χ3n) is 2.20. The topological polar surface area (TPSA) is 36.8 Å². The molecule has 2 heterocycles. The number of aliphatic imine (C=N–C) groups is 2. The third-order valence-corrected chi connectivity index (χ3v) is 2.33. The molecule has 3 nitrogen and oxygen atoms in total. The Labute approximate surface area is 82.0 Å². The minimum absolute atomic E-state index is 0.167. The Bertz CT molecular complexity index is 337. The molecule has 0 saturated heterocycles. The molecule has 0 aromatic heterocycles. The predicted molar refractivity (Wildman–Crippen MR) is 56.0 cm³/mol. The van der Waals surface area contributed by atoms with E-state index in [1.807, 2.05) is 18.5 Å². The maximum Gasteiger partial charge on any atom is 0.128 e. The molecule has 2 unspecified atom stereocenters. The van der Waals surface area contributed by atoms with Crippen LogP contribution in [0.4, 0.5) is 0 Å². The minimum atomic E-state index is 0.167.